The number of aliphatic carboxylic acids is 1. The summed E-state index contributed by atoms with van der Waals surface area (Å²) in [6, 6.07) is 5.27. The van der Waals surface area contributed by atoms with Gasteiger partial charge in [-0.1, -0.05) is 57.6 Å². The molecule has 1 rings (SSSR count). The number of unbranched alkanes of at least 4 members (excludes halogenated alkanes) is 6. The molecule has 26 heavy (non-hydrogen) atoms. The SMILES string of the molecule is CCCCCCCCCC(=O)NC(CC(=O)c1ccccc1N)C(=O)O. The van der Waals surface area contributed by atoms with E-state index in [4.69, 9.17) is 5.73 Å². The number of benzene rings is 1. The van der Waals surface area contributed by atoms with Crippen molar-refractivity contribution >= 4 is 23.3 Å². The number of carboxylic acid groups (broad SMARTS) is 1. The van der Waals surface area contributed by atoms with Crippen molar-refractivity contribution in [2.45, 2.75) is 70.8 Å². The van der Waals surface area contributed by atoms with Crippen LogP contribution in [0.4, 0.5) is 5.69 Å². The molecule has 0 fully saturated rings. The van der Waals surface area contributed by atoms with Crippen molar-refractivity contribution in [1.29, 1.82) is 0 Å². The summed E-state index contributed by atoms with van der Waals surface area (Å²) in [7, 11) is 0. The summed E-state index contributed by atoms with van der Waals surface area (Å²) in [4.78, 5) is 35.6. The van der Waals surface area contributed by atoms with Crippen molar-refractivity contribution in [2.24, 2.45) is 0 Å². The molecule has 0 aliphatic carbocycles. The van der Waals surface area contributed by atoms with Gasteiger partial charge < -0.3 is 16.2 Å². The van der Waals surface area contributed by atoms with Gasteiger partial charge in [-0.3, -0.25) is 9.59 Å². The molecule has 0 aromatic heterocycles. The number of nitrogens with two attached hydrogens (primary N) is 1. The lowest BCUT2D eigenvalue weighted by Gasteiger charge is -2.14. The molecular formula is C20H30N2O4. The minimum absolute atomic E-state index is 0.277. The Kier molecular flexibility index (Phi) is 10.1. The van der Waals surface area contributed by atoms with Crippen molar-refractivity contribution in [1.82, 2.24) is 5.32 Å². The van der Waals surface area contributed by atoms with Gasteiger partial charge in [-0.2, -0.15) is 0 Å². The fourth-order valence-corrected chi connectivity index (χ4v) is 2.76. The Balaban J connectivity index is 2.40. The first-order valence-electron chi connectivity index (χ1n) is 9.35. The predicted octanol–water partition coefficient (Wildman–Crippen LogP) is 3.55. The Hall–Kier alpha value is -2.37. The Morgan fingerprint density at radius 1 is 1.04 bits per heavy atom. The summed E-state index contributed by atoms with van der Waals surface area (Å²) in [5.41, 5.74) is 6.32. The van der Waals surface area contributed by atoms with E-state index in [9.17, 15) is 19.5 Å². The number of para-hydroxylation sites is 1. The largest absolute Gasteiger partial charge is 0.480 e. The van der Waals surface area contributed by atoms with Gasteiger partial charge in [-0.25, -0.2) is 4.79 Å². The van der Waals surface area contributed by atoms with Gasteiger partial charge in [-0.15, -0.1) is 0 Å². The monoisotopic (exact) mass is 362 g/mol. The standard InChI is InChI=1S/C20H30N2O4/c1-2-3-4-5-6-7-8-13-19(24)22-17(20(25)26)14-18(23)15-11-9-10-12-16(15)21/h9-12,17H,2-8,13-14,21H2,1H3,(H,22,24)(H,25,26). The molecule has 1 amide bonds. The number of anilines is 1. The van der Waals surface area contributed by atoms with Crippen LogP contribution in [-0.4, -0.2) is 28.8 Å². The third-order valence-corrected chi connectivity index (χ3v) is 4.29. The highest BCUT2D eigenvalue weighted by Crippen LogP contribution is 2.14. The Bertz CT molecular complexity index is 601. The minimum atomic E-state index is -1.24. The molecule has 1 unspecified atom stereocenters. The zero-order valence-electron chi connectivity index (χ0n) is 15.5. The number of carbonyl (C=O) groups excluding carboxylic acids is 2. The zero-order chi connectivity index (χ0) is 19.4. The van der Waals surface area contributed by atoms with Crippen LogP contribution in [0, 0.1) is 0 Å². The Morgan fingerprint density at radius 2 is 1.65 bits per heavy atom. The number of carbonyl (C=O) groups is 3. The molecule has 0 spiro atoms. The second-order valence-corrected chi connectivity index (χ2v) is 6.54. The number of carboxylic acids is 1. The number of amides is 1. The van der Waals surface area contributed by atoms with Gasteiger partial charge in [-0.05, 0) is 18.6 Å². The van der Waals surface area contributed by atoms with E-state index in [0.717, 1.165) is 19.3 Å². The quantitative estimate of drug-likeness (QED) is 0.282. The van der Waals surface area contributed by atoms with E-state index in [1.165, 1.54) is 25.7 Å². The van der Waals surface area contributed by atoms with E-state index in [-0.39, 0.29) is 24.3 Å². The molecular weight excluding hydrogens is 332 g/mol. The molecule has 0 bridgehead atoms. The molecule has 0 saturated heterocycles. The highest BCUT2D eigenvalue weighted by Gasteiger charge is 2.24. The second-order valence-electron chi connectivity index (χ2n) is 6.54. The number of rotatable bonds is 13. The van der Waals surface area contributed by atoms with Gasteiger partial charge in [0.25, 0.3) is 0 Å². The van der Waals surface area contributed by atoms with Crippen LogP contribution >= 0.6 is 0 Å². The highest BCUT2D eigenvalue weighted by atomic mass is 16.4. The van der Waals surface area contributed by atoms with Gasteiger partial charge in [0, 0.05) is 24.1 Å². The third-order valence-electron chi connectivity index (χ3n) is 4.29. The number of nitrogens with one attached hydrogen (secondary N) is 1. The van der Waals surface area contributed by atoms with Crippen molar-refractivity contribution in [3.8, 4) is 0 Å². The van der Waals surface area contributed by atoms with Crippen LogP contribution in [-0.2, 0) is 9.59 Å². The maximum atomic E-state index is 12.3. The summed E-state index contributed by atoms with van der Waals surface area (Å²) in [5, 5.41) is 11.7. The normalized spacial score (nSPS) is 11.7. The van der Waals surface area contributed by atoms with Crippen molar-refractivity contribution in [3.05, 3.63) is 29.8 Å². The molecule has 4 N–H and O–H groups in total. The minimum Gasteiger partial charge on any atom is -0.480 e. The van der Waals surface area contributed by atoms with Crippen LogP contribution in [0.25, 0.3) is 0 Å². The summed E-state index contributed by atoms with van der Waals surface area (Å²) < 4.78 is 0. The van der Waals surface area contributed by atoms with Gasteiger partial charge in [0.1, 0.15) is 6.04 Å². The van der Waals surface area contributed by atoms with Crippen molar-refractivity contribution in [3.63, 3.8) is 0 Å². The van der Waals surface area contributed by atoms with Gasteiger partial charge in [0.2, 0.25) is 5.91 Å². The molecule has 6 heteroatoms. The van der Waals surface area contributed by atoms with Crippen LogP contribution in [0.3, 0.4) is 0 Å². The molecule has 1 atom stereocenters. The summed E-state index contributed by atoms with van der Waals surface area (Å²) in [5.74, 6) is -1.95. The number of Topliss-reactive ketones (excluding diaryl/α,β-unsaturated/α-hetero) is 1. The van der Waals surface area contributed by atoms with Gasteiger partial charge >= 0.3 is 5.97 Å². The van der Waals surface area contributed by atoms with E-state index in [1.807, 2.05) is 0 Å². The Labute approximate surface area is 155 Å². The smallest absolute Gasteiger partial charge is 0.326 e. The lowest BCUT2D eigenvalue weighted by atomic mass is 10.0. The average molecular weight is 362 g/mol. The highest BCUT2D eigenvalue weighted by molar-refractivity contribution is 6.03. The summed E-state index contributed by atoms with van der Waals surface area (Å²) in [6.07, 6.45) is 7.55. The number of ketones is 1. The lowest BCUT2D eigenvalue weighted by Crippen LogP contribution is -2.42. The van der Waals surface area contributed by atoms with E-state index in [0.29, 0.717) is 5.69 Å². The molecule has 0 aliphatic heterocycles. The van der Waals surface area contributed by atoms with Crippen LogP contribution in [0.15, 0.2) is 24.3 Å². The fourth-order valence-electron chi connectivity index (χ4n) is 2.76. The van der Waals surface area contributed by atoms with Gasteiger partial charge in [0.05, 0.1) is 0 Å². The van der Waals surface area contributed by atoms with Gasteiger partial charge in [0.15, 0.2) is 5.78 Å². The summed E-state index contributed by atoms with van der Waals surface area (Å²) >= 11 is 0. The molecule has 144 valence electrons. The van der Waals surface area contributed by atoms with Crippen LogP contribution in [0.5, 0.6) is 0 Å². The predicted molar refractivity (Wildman–Crippen MR) is 102 cm³/mol. The first-order valence-corrected chi connectivity index (χ1v) is 9.35. The van der Waals surface area contributed by atoms with Crippen LogP contribution in [0.1, 0.15) is 75.1 Å². The molecule has 0 heterocycles. The first kappa shape index (κ1) is 21.7. The third kappa shape index (κ3) is 8.14. The Morgan fingerprint density at radius 3 is 2.27 bits per heavy atom. The number of hydrogen-bond donors (Lipinski definition) is 3. The zero-order valence-corrected chi connectivity index (χ0v) is 15.5. The number of hydrogen-bond acceptors (Lipinski definition) is 4. The maximum Gasteiger partial charge on any atom is 0.326 e. The fraction of sp³-hybridized carbons (Fsp3) is 0.550. The summed E-state index contributed by atoms with van der Waals surface area (Å²) in [6.45, 7) is 2.17. The van der Waals surface area contributed by atoms with E-state index < -0.39 is 17.8 Å². The first-order chi connectivity index (χ1) is 12.5. The molecule has 0 aliphatic rings. The van der Waals surface area contributed by atoms with E-state index in [2.05, 4.69) is 12.2 Å². The van der Waals surface area contributed by atoms with Crippen LogP contribution in [0.2, 0.25) is 0 Å². The molecule has 0 radical (unpaired) electrons. The van der Waals surface area contributed by atoms with Crippen molar-refractivity contribution < 1.29 is 19.5 Å². The topological polar surface area (TPSA) is 109 Å². The lowest BCUT2D eigenvalue weighted by molar-refractivity contribution is -0.141. The molecule has 1 aromatic carbocycles. The number of nitrogen functional groups attached to an aromatic ring is 1. The van der Waals surface area contributed by atoms with Crippen LogP contribution < -0.4 is 11.1 Å². The molecule has 0 saturated carbocycles. The average Bonchev–Trinajstić information content (AvgIpc) is 2.60. The molecule has 6 nitrogen and oxygen atoms in total. The molecule has 1 aromatic rings. The van der Waals surface area contributed by atoms with Crippen molar-refractivity contribution in [2.75, 3.05) is 5.73 Å². The second kappa shape index (κ2) is 12.1. The van der Waals surface area contributed by atoms with E-state index in [1.54, 1.807) is 24.3 Å². The maximum absolute atomic E-state index is 12.3. The van der Waals surface area contributed by atoms with E-state index >= 15 is 0 Å².